The van der Waals surface area contributed by atoms with E-state index in [0.29, 0.717) is 5.02 Å². The van der Waals surface area contributed by atoms with Gasteiger partial charge in [-0.2, -0.15) is 0 Å². The molecule has 2 N–H and O–H groups in total. The average molecular weight is 239 g/mol. The molecule has 1 aromatic carbocycles. The molecule has 0 radical (unpaired) electrons. The topological polar surface area (TPSA) is 52.0 Å². The number of fused-ring (bicyclic) bond motifs is 1. The van der Waals surface area contributed by atoms with Crippen molar-refractivity contribution in [2.75, 3.05) is 6.54 Å². The minimum Gasteiger partial charge on any atom is -0.441 e. The van der Waals surface area contributed by atoms with Gasteiger partial charge in [0, 0.05) is 17.5 Å². The summed E-state index contributed by atoms with van der Waals surface area (Å²) in [6, 6.07) is 5.50. The van der Waals surface area contributed by atoms with Crippen molar-refractivity contribution in [1.29, 1.82) is 0 Å². The van der Waals surface area contributed by atoms with E-state index in [4.69, 9.17) is 21.8 Å². The molecule has 2 rings (SSSR count). The number of hydrogen-bond acceptors (Lipinski definition) is 3. The van der Waals surface area contributed by atoms with Crippen LogP contribution in [0.25, 0.3) is 11.1 Å². The molecule has 0 aliphatic carbocycles. The van der Waals surface area contributed by atoms with E-state index < -0.39 is 0 Å². The van der Waals surface area contributed by atoms with Crippen LogP contribution in [-0.4, -0.2) is 11.5 Å². The number of nitrogens with two attached hydrogens (primary N) is 1. The van der Waals surface area contributed by atoms with Crippen molar-refractivity contribution < 1.29 is 4.42 Å². The summed E-state index contributed by atoms with van der Waals surface area (Å²) in [5, 5.41) is 0.679. The summed E-state index contributed by atoms with van der Waals surface area (Å²) in [6.45, 7) is 0.753. The predicted molar refractivity (Wildman–Crippen MR) is 65.6 cm³/mol. The lowest BCUT2D eigenvalue weighted by Crippen LogP contribution is -1.98. The number of halogens is 1. The monoisotopic (exact) mass is 238 g/mol. The van der Waals surface area contributed by atoms with Crippen molar-refractivity contribution in [2.24, 2.45) is 5.73 Å². The van der Waals surface area contributed by atoms with Gasteiger partial charge in [-0.1, -0.05) is 18.0 Å². The molecule has 0 aliphatic heterocycles. The average Bonchev–Trinajstić information content (AvgIpc) is 2.66. The van der Waals surface area contributed by atoms with Gasteiger partial charge >= 0.3 is 0 Å². The summed E-state index contributed by atoms with van der Waals surface area (Å²) in [7, 11) is 0. The molecule has 0 spiro atoms. The first-order valence-electron chi connectivity index (χ1n) is 5.54. The van der Waals surface area contributed by atoms with Crippen molar-refractivity contribution in [3.05, 3.63) is 29.1 Å². The van der Waals surface area contributed by atoms with Crippen molar-refractivity contribution >= 4 is 22.7 Å². The Morgan fingerprint density at radius 3 is 2.94 bits per heavy atom. The largest absolute Gasteiger partial charge is 0.441 e. The van der Waals surface area contributed by atoms with Crippen LogP contribution in [0.2, 0.25) is 5.02 Å². The van der Waals surface area contributed by atoms with Crippen molar-refractivity contribution in [3.8, 4) is 0 Å². The highest BCUT2D eigenvalue weighted by Gasteiger charge is 2.05. The van der Waals surface area contributed by atoms with Crippen LogP contribution < -0.4 is 5.73 Å². The van der Waals surface area contributed by atoms with Crippen LogP contribution >= 0.6 is 11.6 Å². The zero-order valence-electron chi connectivity index (χ0n) is 9.08. The lowest BCUT2D eigenvalue weighted by atomic mass is 10.2. The molecule has 1 heterocycles. The van der Waals surface area contributed by atoms with Gasteiger partial charge in [-0.05, 0) is 31.5 Å². The second kappa shape index (κ2) is 5.32. The molecular formula is C12H15ClN2O. The Balaban J connectivity index is 2.02. The summed E-state index contributed by atoms with van der Waals surface area (Å²) in [5.74, 6) is 0.786. The predicted octanol–water partition coefficient (Wildman–Crippen LogP) is 3.15. The first-order valence-corrected chi connectivity index (χ1v) is 5.92. The van der Waals surface area contributed by atoms with E-state index in [1.165, 1.54) is 0 Å². The summed E-state index contributed by atoms with van der Waals surface area (Å²) in [5.41, 5.74) is 7.07. The Kier molecular flexibility index (Phi) is 3.80. The molecule has 0 saturated heterocycles. The molecule has 4 heteroatoms. The highest BCUT2D eigenvalue weighted by atomic mass is 35.5. The van der Waals surface area contributed by atoms with E-state index in [-0.39, 0.29) is 0 Å². The molecule has 0 amide bonds. The first kappa shape index (κ1) is 11.4. The van der Waals surface area contributed by atoms with Gasteiger partial charge in [0.2, 0.25) is 0 Å². The van der Waals surface area contributed by atoms with Crippen LogP contribution in [0, 0.1) is 0 Å². The van der Waals surface area contributed by atoms with E-state index in [0.717, 1.165) is 49.2 Å². The van der Waals surface area contributed by atoms with Gasteiger partial charge in [-0.25, -0.2) is 4.98 Å². The third-order valence-electron chi connectivity index (χ3n) is 2.49. The van der Waals surface area contributed by atoms with Gasteiger partial charge < -0.3 is 10.2 Å². The maximum absolute atomic E-state index is 5.87. The van der Waals surface area contributed by atoms with E-state index in [1.54, 1.807) is 6.07 Å². The maximum atomic E-state index is 5.87. The zero-order valence-corrected chi connectivity index (χ0v) is 9.83. The molecule has 0 bridgehead atoms. The number of benzene rings is 1. The highest BCUT2D eigenvalue weighted by Crippen LogP contribution is 2.20. The van der Waals surface area contributed by atoms with E-state index in [9.17, 15) is 0 Å². The molecule has 0 unspecified atom stereocenters. The van der Waals surface area contributed by atoms with Crippen LogP contribution in [-0.2, 0) is 6.42 Å². The minimum atomic E-state index is 0.679. The Morgan fingerprint density at radius 2 is 2.12 bits per heavy atom. The van der Waals surface area contributed by atoms with Gasteiger partial charge in [0.15, 0.2) is 11.5 Å². The van der Waals surface area contributed by atoms with Gasteiger partial charge in [-0.15, -0.1) is 0 Å². The highest BCUT2D eigenvalue weighted by molar-refractivity contribution is 6.31. The smallest absolute Gasteiger partial charge is 0.195 e. The molecule has 3 nitrogen and oxygen atoms in total. The fourth-order valence-corrected chi connectivity index (χ4v) is 1.81. The van der Waals surface area contributed by atoms with E-state index in [2.05, 4.69) is 4.98 Å². The minimum absolute atomic E-state index is 0.679. The van der Waals surface area contributed by atoms with Crippen LogP contribution in [0.5, 0.6) is 0 Å². The molecule has 0 saturated carbocycles. The Labute approximate surface area is 99.6 Å². The van der Waals surface area contributed by atoms with Crippen LogP contribution in [0.3, 0.4) is 0 Å². The molecular weight excluding hydrogens is 224 g/mol. The fourth-order valence-electron chi connectivity index (χ4n) is 1.65. The summed E-state index contributed by atoms with van der Waals surface area (Å²) in [6.07, 6.45) is 4.12. The Morgan fingerprint density at radius 1 is 1.25 bits per heavy atom. The van der Waals surface area contributed by atoms with Gasteiger partial charge in [0.1, 0.15) is 5.52 Å². The van der Waals surface area contributed by atoms with Crippen molar-refractivity contribution in [3.63, 3.8) is 0 Å². The summed E-state index contributed by atoms with van der Waals surface area (Å²) < 4.78 is 5.60. The molecule has 0 atom stereocenters. The zero-order chi connectivity index (χ0) is 11.4. The number of aryl methyl sites for hydroxylation is 1. The normalized spacial score (nSPS) is 11.1. The van der Waals surface area contributed by atoms with Gasteiger partial charge in [-0.3, -0.25) is 0 Å². The van der Waals surface area contributed by atoms with E-state index >= 15 is 0 Å². The summed E-state index contributed by atoms with van der Waals surface area (Å²) in [4.78, 5) is 4.39. The number of oxazole rings is 1. The standard InChI is InChI=1S/C12H15ClN2O/c13-9-5-6-10-11(8-9)16-12(15-10)4-2-1-3-7-14/h5-6,8H,1-4,7,14H2. The summed E-state index contributed by atoms with van der Waals surface area (Å²) >= 11 is 5.87. The quantitative estimate of drug-likeness (QED) is 0.815. The Hall–Kier alpha value is -1.06. The number of nitrogens with zero attached hydrogens (tertiary/aromatic N) is 1. The fraction of sp³-hybridized carbons (Fsp3) is 0.417. The number of hydrogen-bond donors (Lipinski definition) is 1. The van der Waals surface area contributed by atoms with Gasteiger partial charge in [0.05, 0.1) is 0 Å². The molecule has 1 aromatic heterocycles. The number of unbranched alkanes of at least 4 members (excludes halogenated alkanes) is 2. The lowest BCUT2D eigenvalue weighted by Gasteiger charge is -1.94. The molecule has 16 heavy (non-hydrogen) atoms. The molecule has 2 aromatic rings. The van der Waals surface area contributed by atoms with Crippen molar-refractivity contribution in [2.45, 2.75) is 25.7 Å². The molecule has 0 fully saturated rings. The molecule has 0 aliphatic rings. The third kappa shape index (κ3) is 2.74. The van der Waals surface area contributed by atoms with Crippen molar-refractivity contribution in [1.82, 2.24) is 4.98 Å². The Bertz CT molecular complexity index is 467. The maximum Gasteiger partial charge on any atom is 0.195 e. The van der Waals surface area contributed by atoms with Crippen LogP contribution in [0.15, 0.2) is 22.6 Å². The lowest BCUT2D eigenvalue weighted by molar-refractivity contribution is 0.511. The SMILES string of the molecule is NCCCCCc1nc2ccc(Cl)cc2o1. The second-order valence-corrected chi connectivity index (χ2v) is 4.26. The third-order valence-corrected chi connectivity index (χ3v) is 2.72. The number of rotatable bonds is 5. The van der Waals surface area contributed by atoms with E-state index in [1.807, 2.05) is 12.1 Å². The van der Waals surface area contributed by atoms with Crippen LogP contribution in [0.1, 0.15) is 25.2 Å². The number of aromatic nitrogens is 1. The van der Waals surface area contributed by atoms with Crippen LogP contribution in [0.4, 0.5) is 0 Å². The molecule has 86 valence electrons. The van der Waals surface area contributed by atoms with Gasteiger partial charge in [0.25, 0.3) is 0 Å². The second-order valence-electron chi connectivity index (χ2n) is 3.82. The first-order chi connectivity index (χ1) is 7.79.